The van der Waals surface area contributed by atoms with Crippen molar-refractivity contribution in [3.63, 3.8) is 0 Å². The molecule has 13 heavy (non-hydrogen) atoms. The number of nitrogens with zero attached hydrogens (tertiary/aromatic N) is 1. The number of hydrogen-bond donors (Lipinski definition) is 1. The second kappa shape index (κ2) is 4.58. The van der Waals surface area contributed by atoms with Gasteiger partial charge in [-0.2, -0.15) is 5.26 Å². The number of rotatable bonds is 2. The maximum Gasteiger partial charge on any atom is 0.0641 e. The fourth-order valence-corrected chi connectivity index (χ4v) is 1.45. The molecule has 0 heterocycles. The molecule has 0 aliphatic heterocycles. The lowest BCUT2D eigenvalue weighted by molar-refractivity contribution is 0.747. The Morgan fingerprint density at radius 2 is 2.31 bits per heavy atom. The van der Waals surface area contributed by atoms with Crippen LogP contribution in [0.25, 0.3) is 0 Å². The number of hydrogen-bond acceptors (Lipinski definition) is 2. The van der Waals surface area contributed by atoms with Crippen LogP contribution in [-0.4, -0.2) is 0 Å². The first-order valence-corrected chi connectivity index (χ1v) is 5.11. The van der Waals surface area contributed by atoms with Gasteiger partial charge in [0.15, 0.2) is 0 Å². The molecule has 0 saturated heterocycles. The van der Waals surface area contributed by atoms with Crippen LogP contribution in [0.1, 0.15) is 23.6 Å². The third-order valence-electron chi connectivity index (χ3n) is 1.92. The zero-order valence-corrected chi connectivity index (χ0v) is 9.58. The molecule has 68 valence electrons. The van der Waals surface area contributed by atoms with Gasteiger partial charge in [-0.3, -0.25) is 0 Å². The molecule has 0 saturated carbocycles. The highest BCUT2D eigenvalue weighted by Crippen LogP contribution is 2.18. The van der Waals surface area contributed by atoms with Crippen LogP contribution in [0.5, 0.6) is 0 Å². The second-order valence-electron chi connectivity index (χ2n) is 2.98. The fourth-order valence-electron chi connectivity index (χ4n) is 1.11. The molecule has 1 aromatic carbocycles. The number of nitrogens with two attached hydrogens (primary N) is 1. The zero-order valence-electron chi connectivity index (χ0n) is 7.42. The van der Waals surface area contributed by atoms with Crippen molar-refractivity contribution in [2.75, 3.05) is 0 Å². The van der Waals surface area contributed by atoms with Crippen LogP contribution in [0.15, 0.2) is 18.2 Å². The summed E-state index contributed by atoms with van der Waals surface area (Å²) >= 11 is 2.28. The summed E-state index contributed by atoms with van der Waals surface area (Å²) in [6.07, 6.45) is 0.375. The van der Waals surface area contributed by atoms with Crippen molar-refractivity contribution in [2.24, 2.45) is 5.73 Å². The predicted octanol–water partition coefficient (Wildman–Crippen LogP) is 2.51. The quantitative estimate of drug-likeness (QED) is 0.849. The Hall–Kier alpha value is -0.600. The van der Waals surface area contributed by atoms with Crippen LogP contribution in [0.4, 0.5) is 0 Å². The molecule has 0 aromatic heterocycles. The van der Waals surface area contributed by atoms with Crippen molar-refractivity contribution in [2.45, 2.75) is 19.4 Å². The third kappa shape index (κ3) is 2.68. The Balaban J connectivity index is 2.91. The molecule has 0 fully saturated rings. The first kappa shape index (κ1) is 10.5. The normalized spacial score (nSPS) is 12.2. The Morgan fingerprint density at radius 1 is 1.62 bits per heavy atom. The standard InChI is InChI=1S/C10H11IN2/c1-7-6-8(2-3-9(7)11)10(13)4-5-12/h2-3,6,10H,4,13H2,1H3/t10-/m1/s1. The van der Waals surface area contributed by atoms with Gasteiger partial charge in [0, 0.05) is 9.61 Å². The van der Waals surface area contributed by atoms with Gasteiger partial charge in [0.05, 0.1) is 12.5 Å². The smallest absolute Gasteiger partial charge is 0.0641 e. The summed E-state index contributed by atoms with van der Waals surface area (Å²) < 4.78 is 1.23. The second-order valence-corrected chi connectivity index (χ2v) is 4.14. The molecule has 1 aromatic rings. The molecule has 0 amide bonds. The third-order valence-corrected chi connectivity index (χ3v) is 3.13. The van der Waals surface area contributed by atoms with Crippen LogP contribution >= 0.6 is 22.6 Å². The van der Waals surface area contributed by atoms with Gasteiger partial charge in [-0.25, -0.2) is 0 Å². The SMILES string of the molecule is Cc1cc([C@H](N)CC#N)ccc1I. The minimum atomic E-state index is -0.152. The van der Waals surface area contributed by atoms with Crippen molar-refractivity contribution in [3.8, 4) is 6.07 Å². The summed E-state index contributed by atoms with van der Waals surface area (Å²) in [4.78, 5) is 0. The van der Waals surface area contributed by atoms with E-state index < -0.39 is 0 Å². The van der Waals surface area contributed by atoms with Gasteiger partial charge in [-0.15, -0.1) is 0 Å². The lowest BCUT2D eigenvalue weighted by Crippen LogP contribution is -2.09. The van der Waals surface area contributed by atoms with E-state index in [4.69, 9.17) is 11.0 Å². The minimum absolute atomic E-state index is 0.152. The van der Waals surface area contributed by atoms with Gasteiger partial charge in [0.1, 0.15) is 0 Å². The summed E-state index contributed by atoms with van der Waals surface area (Å²) in [7, 11) is 0. The molecule has 1 atom stereocenters. The van der Waals surface area contributed by atoms with Gasteiger partial charge in [-0.05, 0) is 46.7 Å². The largest absolute Gasteiger partial charge is 0.323 e. The molecule has 0 spiro atoms. The number of halogens is 1. The van der Waals surface area contributed by atoms with Gasteiger partial charge in [0.25, 0.3) is 0 Å². The van der Waals surface area contributed by atoms with E-state index >= 15 is 0 Å². The van der Waals surface area contributed by atoms with Crippen molar-refractivity contribution in [3.05, 3.63) is 32.9 Å². The van der Waals surface area contributed by atoms with Crippen molar-refractivity contribution in [1.82, 2.24) is 0 Å². The van der Waals surface area contributed by atoms with E-state index in [2.05, 4.69) is 28.7 Å². The molecule has 2 nitrogen and oxygen atoms in total. The first-order chi connectivity index (χ1) is 6.15. The van der Waals surface area contributed by atoms with Crippen molar-refractivity contribution >= 4 is 22.6 Å². The van der Waals surface area contributed by atoms with Crippen molar-refractivity contribution in [1.29, 1.82) is 5.26 Å². The highest BCUT2D eigenvalue weighted by atomic mass is 127. The maximum absolute atomic E-state index is 8.49. The molecular weight excluding hydrogens is 275 g/mol. The number of aryl methyl sites for hydroxylation is 1. The first-order valence-electron chi connectivity index (χ1n) is 4.03. The topological polar surface area (TPSA) is 49.8 Å². The molecule has 3 heteroatoms. The minimum Gasteiger partial charge on any atom is -0.323 e. The van der Waals surface area contributed by atoms with Gasteiger partial charge in [0.2, 0.25) is 0 Å². The summed E-state index contributed by atoms with van der Waals surface area (Å²) in [5.74, 6) is 0. The Bertz CT molecular complexity index is 341. The zero-order chi connectivity index (χ0) is 9.84. The van der Waals surface area contributed by atoms with Gasteiger partial charge < -0.3 is 5.73 Å². The maximum atomic E-state index is 8.49. The number of benzene rings is 1. The van der Waals surface area contributed by atoms with E-state index in [1.165, 1.54) is 9.13 Å². The monoisotopic (exact) mass is 286 g/mol. The van der Waals surface area contributed by atoms with E-state index in [0.717, 1.165) is 5.56 Å². The summed E-state index contributed by atoms with van der Waals surface area (Å²) in [6, 6.07) is 7.98. The van der Waals surface area contributed by atoms with Crippen molar-refractivity contribution < 1.29 is 0 Å². The van der Waals surface area contributed by atoms with Crippen LogP contribution in [0.3, 0.4) is 0 Å². The van der Waals surface area contributed by atoms with Crippen LogP contribution < -0.4 is 5.73 Å². The lowest BCUT2D eigenvalue weighted by Gasteiger charge is -2.09. The Kier molecular flexibility index (Phi) is 3.70. The molecule has 0 aliphatic rings. The van der Waals surface area contributed by atoms with E-state index in [9.17, 15) is 0 Å². The fraction of sp³-hybridized carbons (Fsp3) is 0.300. The Morgan fingerprint density at radius 3 is 2.85 bits per heavy atom. The number of nitriles is 1. The Labute approximate surface area is 91.9 Å². The molecule has 0 bridgehead atoms. The molecule has 1 rings (SSSR count). The average Bonchev–Trinajstić information content (AvgIpc) is 2.10. The van der Waals surface area contributed by atoms with Gasteiger partial charge in [-0.1, -0.05) is 12.1 Å². The molecule has 0 unspecified atom stereocenters. The lowest BCUT2D eigenvalue weighted by atomic mass is 10.0. The van der Waals surface area contributed by atoms with E-state index in [0.29, 0.717) is 6.42 Å². The van der Waals surface area contributed by atoms with Crippen LogP contribution in [0.2, 0.25) is 0 Å². The molecule has 2 N–H and O–H groups in total. The summed E-state index contributed by atoms with van der Waals surface area (Å²) in [5, 5.41) is 8.49. The van der Waals surface area contributed by atoms with E-state index in [1.54, 1.807) is 0 Å². The predicted molar refractivity (Wildman–Crippen MR) is 61.1 cm³/mol. The summed E-state index contributed by atoms with van der Waals surface area (Å²) in [6.45, 7) is 2.05. The molecule has 0 aliphatic carbocycles. The van der Waals surface area contributed by atoms with E-state index in [1.807, 2.05) is 25.1 Å². The van der Waals surface area contributed by atoms with Gasteiger partial charge >= 0.3 is 0 Å². The summed E-state index contributed by atoms with van der Waals surface area (Å²) in [5.41, 5.74) is 8.06. The van der Waals surface area contributed by atoms with Crippen LogP contribution in [-0.2, 0) is 0 Å². The van der Waals surface area contributed by atoms with Crippen LogP contribution in [0, 0.1) is 21.8 Å². The van der Waals surface area contributed by atoms with E-state index in [-0.39, 0.29) is 6.04 Å². The molecular formula is C10H11IN2. The highest BCUT2D eigenvalue weighted by Gasteiger charge is 2.05. The molecule has 0 radical (unpaired) electrons. The average molecular weight is 286 g/mol. The highest BCUT2D eigenvalue weighted by molar-refractivity contribution is 14.1.